The highest BCUT2D eigenvalue weighted by Crippen LogP contribution is 2.49. The van der Waals surface area contributed by atoms with Gasteiger partial charge in [0.15, 0.2) is 22.3 Å². The topological polar surface area (TPSA) is 104 Å². The molecule has 0 N–H and O–H groups in total. The van der Waals surface area contributed by atoms with Gasteiger partial charge in [-0.05, 0) is 205 Å². The zero-order chi connectivity index (χ0) is 89.9. The molecule has 0 fully saturated rings. The predicted molar refractivity (Wildman–Crippen MR) is 573 cm³/mol. The Kier molecular flexibility index (Phi) is 20.9. The van der Waals surface area contributed by atoms with Gasteiger partial charge in [-0.15, -0.1) is 45.3 Å². The maximum absolute atomic E-state index is 6.16. The van der Waals surface area contributed by atoms with E-state index in [0.717, 1.165) is 77.8 Å². The Balaban J connectivity index is 0.0000000965. The minimum atomic E-state index is 0.645. The maximum Gasteiger partial charge on any atom is 0.227 e. The lowest BCUT2D eigenvalue weighted by atomic mass is 9.91. The van der Waals surface area contributed by atoms with E-state index in [2.05, 4.69) is 373 Å². The Morgan fingerprint density at radius 1 is 0.140 bits per heavy atom. The monoisotopic (exact) mass is 1810 g/mol. The molecule has 0 aliphatic heterocycles. The highest BCUT2D eigenvalue weighted by Gasteiger charge is 2.23. The van der Waals surface area contributed by atoms with Crippen LogP contribution in [0.1, 0.15) is 0 Å². The fourth-order valence-electron chi connectivity index (χ4n) is 18.8. The SMILES string of the molecule is c1cc(-c2ccc(-c3nc4ccccc4o3)cc2)cc(-c2cccc3c2sc2ccccc23)c1.c1cc(-c2cccc(-c3cccc4c3sc3ccccc34)c2)cc(-c2nc3ccccc3o2)c1.c1ccc(-c2cccc3c2sc2ccccc23)c(-c2ccc(-c3nc4ccccc4o3)cc2)c1.c1ccc(-c2ccccc2-c2cccc3c2sc2ccccc23)c(-c2nc3ccccc3o2)c1. The van der Waals surface area contributed by atoms with Crippen LogP contribution in [-0.4, -0.2) is 19.9 Å². The van der Waals surface area contributed by atoms with E-state index in [1.165, 1.54) is 159 Å². The minimum absolute atomic E-state index is 0.645. The molecule has 20 aromatic carbocycles. The first-order valence-electron chi connectivity index (χ1n) is 45.2. The second-order valence-electron chi connectivity index (χ2n) is 33.6. The summed E-state index contributed by atoms with van der Waals surface area (Å²) in [6.45, 7) is 0. The van der Waals surface area contributed by atoms with Crippen molar-refractivity contribution in [2.75, 3.05) is 0 Å². The van der Waals surface area contributed by atoms with Crippen molar-refractivity contribution in [1.82, 2.24) is 19.9 Å². The van der Waals surface area contributed by atoms with Gasteiger partial charge in [-0.3, -0.25) is 0 Å². The smallest absolute Gasteiger partial charge is 0.227 e. The van der Waals surface area contributed by atoms with Crippen LogP contribution in [0.4, 0.5) is 0 Å². The Hall–Kier alpha value is -16.8. The lowest BCUT2D eigenvalue weighted by Crippen LogP contribution is -1.89. The fraction of sp³-hybridized carbons (Fsp3) is 0. The molecule has 0 radical (unpaired) electrons. The van der Waals surface area contributed by atoms with Crippen LogP contribution < -0.4 is 0 Å². The zero-order valence-electron chi connectivity index (χ0n) is 72.9. The molecule has 136 heavy (non-hydrogen) atoms. The summed E-state index contributed by atoms with van der Waals surface area (Å²) in [5.41, 5.74) is 30.0. The molecule has 0 atom stereocenters. The van der Waals surface area contributed by atoms with E-state index >= 15 is 0 Å². The van der Waals surface area contributed by atoms with Crippen LogP contribution in [0.3, 0.4) is 0 Å². The summed E-state index contributed by atoms with van der Waals surface area (Å²) < 4.78 is 34.7. The molecule has 640 valence electrons. The van der Waals surface area contributed by atoms with Gasteiger partial charge in [0.25, 0.3) is 0 Å². The Labute approximate surface area is 797 Å². The van der Waals surface area contributed by atoms with Gasteiger partial charge in [-0.25, -0.2) is 19.9 Å². The molecule has 8 aromatic heterocycles. The first-order valence-corrected chi connectivity index (χ1v) is 48.5. The van der Waals surface area contributed by atoms with Crippen molar-refractivity contribution >= 4 is 170 Å². The number of aromatic nitrogens is 4. The summed E-state index contributed by atoms with van der Waals surface area (Å²) in [6, 6.07) is 161. The summed E-state index contributed by atoms with van der Waals surface area (Å²) in [7, 11) is 0. The van der Waals surface area contributed by atoms with E-state index in [4.69, 9.17) is 22.7 Å². The van der Waals surface area contributed by atoms with E-state index in [0.29, 0.717) is 23.6 Å². The van der Waals surface area contributed by atoms with Gasteiger partial charge in [-0.2, -0.15) is 0 Å². The molecule has 0 spiro atoms. The largest absolute Gasteiger partial charge is 0.436 e. The molecule has 0 aliphatic rings. The van der Waals surface area contributed by atoms with Gasteiger partial charge in [0.2, 0.25) is 23.6 Å². The van der Waals surface area contributed by atoms with Crippen molar-refractivity contribution < 1.29 is 17.7 Å². The fourth-order valence-corrected chi connectivity index (χ4v) is 23.8. The molecule has 8 heterocycles. The third kappa shape index (κ3) is 15.2. The zero-order valence-corrected chi connectivity index (χ0v) is 76.2. The number of para-hydroxylation sites is 8. The number of nitrogens with zero attached hydrogens (tertiary/aromatic N) is 4. The van der Waals surface area contributed by atoms with Crippen LogP contribution in [0.25, 0.3) is 260 Å². The van der Waals surface area contributed by atoms with Crippen molar-refractivity contribution in [3.8, 4) is 135 Å². The molecule has 28 aromatic rings. The average Bonchev–Trinajstić information content (AvgIpc) is 1.61. The second-order valence-corrected chi connectivity index (χ2v) is 37.8. The molecular weight excluding hydrogens is 1740 g/mol. The summed E-state index contributed by atoms with van der Waals surface area (Å²) in [4.78, 5) is 18.7. The summed E-state index contributed by atoms with van der Waals surface area (Å²) in [6.07, 6.45) is 0. The van der Waals surface area contributed by atoms with Crippen LogP contribution in [0.15, 0.2) is 479 Å². The molecule has 8 nitrogen and oxygen atoms in total. The second kappa shape index (κ2) is 35.0. The van der Waals surface area contributed by atoms with Gasteiger partial charge in [0.1, 0.15) is 22.1 Å². The van der Waals surface area contributed by atoms with Gasteiger partial charge in [-0.1, -0.05) is 334 Å². The predicted octanol–water partition coefficient (Wildman–Crippen LogP) is 36.8. The average molecular weight is 1810 g/mol. The van der Waals surface area contributed by atoms with E-state index in [9.17, 15) is 0 Å². The Bertz CT molecular complexity index is 9300. The summed E-state index contributed by atoms with van der Waals surface area (Å²) in [5, 5.41) is 10.6. The number of hydrogen-bond donors (Lipinski definition) is 0. The van der Waals surface area contributed by atoms with Gasteiger partial charge in [0.05, 0.1) is 0 Å². The van der Waals surface area contributed by atoms with Crippen molar-refractivity contribution in [1.29, 1.82) is 0 Å². The third-order valence-electron chi connectivity index (χ3n) is 25.4. The van der Waals surface area contributed by atoms with Gasteiger partial charge in [0, 0.05) is 114 Å². The number of hydrogen-bond acceptors (Lipinski definition) is 12. The number of rotatable bonds is 12. The maximum atomic E-state index is 6.16. The molecule has 12 heteroatoms. The van der Waals surface area contributed by atoms with Crippen LogP contribution in [0.2, 0.25) is 0 Å². The van der Waals surface area contributed by atoms with E-state index in [-0.39, 0.29) is 0 Å². The normalized spacial score (nSPS) is 11.5. The number of fused-ring (bicyclic) bond motifs is 16. The third-order valence-corrected chi connectivity index (χ3v) is 30.3. The van der Waals surface area contributed by atoms with Crippen molar-refractivity contribution in [3.63, 3.8) is 0 Å². The number of oxazole rings is 4. The highest BCUT2D eigenvalue weighted by atomic mass is 32.1. The molecule has 0 unspecified atom stereocenters. The van der Waals surface area contributed by atoms with E-state index in [1.807, 2.05) is 148 Å². The van der Waals surface area contributed by atoms with E-state index < -0.39 is 0 Å². The van der Waals surface area contributed by atoms with Crippen LogP contribution >= 0.6 is 45.3 Å². The number of benzene rings is 20. The Morgan fingerprint density at radius 3 is 0.772 bits per heavy atom. The summed E-state index contributed by atoms with van der Waals surface area (Å²) >= 11 is 7.46. The molecule has 0 amide bonds. The molecule has 0 bridgehead atoms. The first kappa shape index (κ1) is 81.2. The van der Waals surface area contributed by atoms with Crippen LogP contribution in [0, 0.1) is 0 Å². The molecule has 0 saturated carbocycles. The molecule has 0 saturated heterocycles. The van der Waals surface area contributed by atoms with Gasteiger partial charge < -0.3 is 17.7 Å². The number of thiophene rings is 4. The standard InChI is InChI=1S/4C31H19NOS/c1-4-17-29-25(12-1)26-14-7-13-24(30(26)34-29)22-10-5-8-20(18-22)21-9-6-11-23(19-21)31-32-27-15-2-3-16-28(27)33-31;1-4-14-29-25(9-1)26-11-6-10-24(30(26)34-29)23-8-5-7-22(19-23)20-15-17-21(18-16-20)31-32-27-12-2-3-13-28(27)33-31;1-2-9-23(25-11-7-12-26-24-10-3-6-15-29(24)34-30(25)26)22(8-1)20-16-18-21(19-17-20)31-32-27-13-4-5-14-28(27)33-31;1-2-11-21(24-15-9-16-25-23-13-5-8-19-29(23)34-30(24)25)20(10-1)22-12-3-4-14-26(22)31-32-27-17-6-7-18-28(27)33-31/h4*1-19H. The summed E-state index contributed by atoms with van der Waals surface area (Å²) in [5.74, 6) is 2.59. The molecular formula is C124H76N4O4S4. The lowest BCUT2D eigenvalue weighted by Gasteiger charge is -2.13. The Morgan fingerprint density at radius 2 is 0.375 bits per heavy atom. The van der Waals surface area contributed by atoms with Crippen LogP contribution in [0.5, 0.6) is 0 Å². The molecule has 28 rings (SSSR count). The van der Waals surface area contributed by atoms with Crippen molar-refractivity contribution in [2.24, 2.45) is 0 Å². The van der Waals surface area contributed by atoms with Gasteiger partial charge >= 0.3 is 0 Å². The quantitative estimate of drug-likeness (QED) is 0.119. The highest BCUT2D eigenvalue weighted by molar-refractivity contribution is 7.27. The minimum Gasteiger partial charge on any atom is -0.436 e. The van der Waals surface area contributed by atoms with Crippen LogP contribution in [-0.2, 0) is 0 Å². The lowest BCUT2D eigenvalue weighted by molar-refractivity contribution is 0.619. The molecule has 0 aliphatic carbocycles. The van der Waals surface area contributed by atoms with Crippen molar-refractivity contribution in [3.05, 3.63) is 461 Å². The van der Waals surface area contributed by atoms with Crippen molar-refractivity contribution in [2.45, 2.75) is 0 Å². The van der Waals surface area contributed by atoms with E-state index in [1.54, 1.807) is 0 Å². The first-order chi connectivity index (χ1) is 67.4.